The molecule has 0 spiro atoms. The quantitative estimate of drug-likeness (QED) is 0.838. The van der Waals surface area contributed by atoms with E-state index in [4.69, 9.17) is 5.73 Å². The van der Waals surface area contributed by atoms with Gasteiger partial charge in [0.15, 0.2) is 0 Å². The van der Waals surface area contributed by atoms with Crippen LogP contribution in [0.3, 0.4) is 0 Å². The van der Waals surface area contributed by atoms with E-state index in [0.717, 1.165) is 15.7 Å². The summed E-state index contributed by atoms with van der Waals surface area (Å²) in [6, 6.07) is 6.44. The molecule has 0 saturated carbocycles. The average Bonchev–Trinajstić information content (AvgIpc) is 2.64. The summed E-state index contributed by atoms with van der Waals surface area (Å²) in [5.41, 5.74) is 5.51. The largest absolute Gasteiger partial charge is 0.383 e. The number of aromatic nitrogens is 1. The second kappa shape index (κ2) is 4.63. The molecule has 2 N–H and O–H groups in total. The lowest BCUT2D eigenvalue weighted by atomic mass is 10.4. The second-order valence-corrected chi connectivity index (χ2v) is 4.90. The number of thiazole rings is 1. The van der Waals surface area contributed by atoms with Crippen LogP contribution in [0.25, 0.3) is 0 Å². The highest BCUT2D eigenvalue weighted by Gasteiger charge is 2.00. The first-order chi connectivity index (χ1) is 7.24. The van der Waals surface area contributed by atoms with Crippen LogP contribution in [0, 0.1) is 5.82 Å². The number of hydrogen-bond acceptors (Lipinski definition) is 4. The fourth-order valence-corrected chi connectivity index (χ4v) is 2.67. The summed E-state index contributed by atoms with van der Waals surface area (Å²) in [6.45, 7) is 0. The van der Waals surface area contributed by atoms with Crippen molar-refractivity contribution in [3.8, 4) is 0 Å². The molecule has 2 nitrogen and oxygen atoms in total. The Hall–Kier alpha value is -1.07. The maximum Gasteiger partial charge on any atom is 0.134 e. The maximum absolute atomic E-state index is 12.6. The number of nitrogen functional groups attached to an aromatic ring is 1. The number of nitrogens with two attached hydrogens (primary N) is 1. The number of benzene rings is 1. The van der Waals surface area contributed by atoms with E-state index >= 15 is 0 Å². The summed E-state index contributed by atoms with van der Waals surface area (Å²) in [6.07, 6.45) is 0. The predicted octanol–water partition coefficient (Wildman–Crippen LogP) is 3.16. The van der Waals surface area contributed by atoms with Crippen molar-refractivity contribution in [2.45, 2.75) is 10.6 Å². The summed E-state index contributed by atoms with van der Waals surface area (Å²) in [5.74, 6) is 1.13. The first-order valence-corrected chi connectivity index (χ1v) is 6.19. The van der Waals surface area contributed by atoms with Gasteiger partial charge in [0.1, 0.15) is 16.6 Å². The van der Waals surface area contributed by atoms with Crippen LogP contribution < -0.4 is 5.73 Å². The minimum atomic E-state index is -0.210. The summed E-state index contributed by atoms with van der Waals surface area (Å²) in [5, 5.41) is 2.81. The van der Waals surface area contributed by atoms with E-state index in [1.165, 1.54) is 12.1 Å². The molecule has 1 aromatic carbocycles. The Balaban J connectivity index is 1.96. The molecule has 0 saturated heterocycles. The molecule has 0 bridgehead atoms. The Kier molecular flexibility index (Phi) is 3.23. The van der Waals surface area contributed by atoms with Crippen LogP contribution in [0.1, 0.15) is 5.01 Å². The second-order valence-electron chi connectivity index (χ2n) is 2.91. The molecule has 2 aromatic rings. The van der Waals surface area contributed by atoms with Gasteiger partial charge in [-0.15, -0.1) is 23.1 Å². The van der Waals surface area contributed by atoms with Gasteiger partial charge >= 0.3 is 0 Å². The van der Waals surface area contributed by atoms with Gasteiger partial charge in [0, 0.05) is 10.3 Å². The number of halogens is 1. The van der Waals surface area contributed by atoms with Crippen LogP contribution in [0.5, 0.6) is 0 Å². The van der Waals surface area contributed by atoms with Crippen LogP contribution in [0.15, 0.2) is 34.5 Å². The monoisotopic (exact) mass is 240 g/mol. The average molecular weight is 240 g/mol. The molecule has 0 aliphatic heterocycles. The van der Waals surface area contributed by atoms with Gasteiger partial charge in [-0.05, 0) is 24.3 Å². The smallest absolute Gasteiger partial charge is 0.134 e. The van der Waals surface area contributed by atoms with Gasteiger partial charge in [-0.3, -0.25) is 0 Å². The molecule has 0 aliphatic rings. The summed E-state index contributed by atoms with van der Waals surface area (Å²) in [4.78, 5) is 5.18. The van der Waals surface area contributed by atoms with Crippen molar-refractivity contribution in [3.05, 3.63) is 40.5 Å². The molecule has 0 fully saturated rings. The fraction of sp³-hybridized carbons (Fsp3) is 0.100. The molecule has 0 aliphatic carbocycles. The third kappa shape index (κ3) is 2.94. The molecule has 5 heteroatoms. The zero-order valence-corrected chi connectivity index (χ0v) is 9.45. The van der Waals surface area contributed by atoms with E-state index in [2.05, 4.69) is 4.98 Å². The molecule has 1 heterocycles. The van der Waals surface area contributed by atoms with Crippen LogP contribution in [0.2, 0.25) is 0 Å². The zero-order valence-electron chi connectivity index (χ0n) is 7.81. The number of rotatable bonds is 3. The standard InChI is InChI=1S/C10H9FN2S2/c11-7-1-3-8(4-2-7)14-6-10-13-9(12)5-15-10/h1-5H,6,12H2. The molecule has 0 unspecified atom stereocenters. The highest BCUT2D eigenvalue weighted by molar-refractivity contribution is 7.98. The molecular weight excluding hydrogens is 231 g/mol. The zero-order chi connectivity index (χ0) is 10.7. The van der Waals surface area contributed by atoms with Crippen molar-refractivity contribution in [1.82, 2.24) is 4.98 Å². The molecule has 0 amide bonds. The van der Waals surface area contributed by atoms with E-state index in [0.29, 0.717) is 5.82 Å². The lowest BCUT2D eigenvalue weighted by Gasteiger charge is -1.98. The van der Waals surface area contributed by atoms with Crippen molar-refractivity contribution >= 4 is 28.9 Å². The number of anilines is 1. The van der Waals surface area contributed by atoms with E-state index in [-0.39, 0.29) is 5.82 Å². The van der Waals surface area contributed by atoms with Crippen molar-refractivity contribution in [2.75, 3.05) is 5.73 Å². The van der Waals surface area contributed by atoms with Crippen molar-refractivity contribution in [3.63, 3.8) is 0 Å². The van der Waals surface area contributed by atoms with Gasteiger partial charge in [0.25, 0.3) is 0 Å². The van der Waals surface area contributed by atoms with E-state index in [1.54, 1.807) is 35.2 Å². The Morgan fingerprint density at radius 3 is 2.67 bits per heavy atom. The number of thioether (sulfide) groups is 1. The van der Waals surface area contributed by atoms with Gasteiger partial charge in [-0.25, -0.2) is 9.37 Å². The van der Waals surface area contributed by atoms with Gasteiger partial charge in [-0.2, -0.15) is 0 Å². The Morgan fingerprint density at radius 2 is 2.07 bits per heavy atom. The molecular formula is C10H9FN2S2. The lowest BCUT2D eigenvalue weighted by Crippen LogP contribution is -1.85. The van der Waals surface area contributed by atoms with Crippen LogP contribution in [-0.2, 0) is 5.75 Å². The molecule has 0 radical (unpaired) electrons. The summed E-state index contributed by atoms with van der Waals surface area (Å²) in [7, 11) is 0. The highest BCUT2D eigenvalue weighted by Crippen LogP contribution is 2.24. The molecule has 1 aromatic heterocycles. The maximum atomic E-state index is 12.6. The van der Waals surface area contributed by atoms with E-state index < -0.39 is 0 Å². The molecule has 0 atom stereocenters. The Morgan fingerprint density at radius 1 is 1.33 bits per heavy atom. The molecule has 2 rings (SSSR count). The Labute approximate surface area is 95.3 Å². The van der Waals surface area contributed by atoms with Crippen molar-refractivity contribution < 1.29 is 4.39 Å². The first-order valence-electron chi connectivity index (χ1n) is 4.32. The fourth-order valence-electron chi connectivity index (χ4n) is 1.07. The van der Waals surface area contributed by atoms with Crippen molar-refractivity contribution in [1.29, 1.82) is 0 Å². The Bertz CT molecular complexity index is 439. The highest BCUT2D eigenvalue weighted by atomic mass is 32.2. The molecule has 78 valence electrons. The van der Waals surface area contributed by atoms with Crippen LogP contribution in [0.4, 0.5) is 10.2 Å². The predicted molar refractivity (Wildman–Crippen MR) is 62.5 cm³/mol. The lowest BCUT2D eigenvalue weighted by molar-refractivity contribution is 0.626. The summed E-state index contributed by atoms with van der Waals surface area (Å²) >= 11 is 3.16. The normalized spacial score (nSPS) is 10.5. The first kappa shape index (κ1) is 10.4. The summed E-state index contributed by atoms with van der Waals surface area (Å²) < 4.78 is 12.6. The van der Waals surface area contributed by atoms with Gasteiger partial charge in [-0.1, -0.05) is 0 Å². The third-order valence-electron chi connectivity index (χ3n) is 1.75. The van der Waals surface area contributed by atoms with Crippen LogP contribution in [-0.4, -0.2) is 4.98 Å². The minimum Gasteiger partial charge on any atom is -0.383 e. The van der Waals surface area contributed by atoms with Gasteiger partial charge < -0.3 is 5.73 Å². The minimum absolute atomic E-state index is 0.210. The topological polar surface area (TPSA) is 38.9 Å². The van der Waals surface area contributed by atoms with Crippen LogP contribution >= 0.6 is 23.1 Å². The van der Waals surface area contributed by atoms with E-state index in [1.807, 2.05) is 5.38 Å². The third-order valence-corrected chi connectivity index (χ3v) is 3.82. The van der Waals surface area contributed by atoms with Crippen molar-refractivity contribution in [2.24, 2.45) is 0 Å². The molecule has 15 heavy (non-hydrogen) atoms. The van der Waals surface area contributed by atoms with Gasteiger partial charge in [0.2, 0.25) is 0 Å². The van der Waals surface area contributed by atoms with E-state index in [9.17, 15) is 4.39 Å². The SMILES string of the molecule is Nc1csc(CSc2ccc(F)cc2)n1. The van der Waals surface area contributed by atoms with Gasteiger partial charge in [0.05, 0.1) is 5.75 Å². The number of hydrogen-bond donors (Lipinski definition) is 1. The number of nitrogens with zero attached hydrogens (tertiary/aromatic N) is 1.